The molecule has 2 atom stereocenters. The highest BCUT2D eigenvalue weighted by Crippen LogP contribution is 2.44. The van der Waals surface area contributed by atoms with Gasteiger partial charge in [0.1, 0.15) is 0 Å². The molecule has 2 aliphatic carbocycles. The highest BCUT2D eigenvalue weighted by Gasteiger charge is 2.34. The number of Topliss-reactive ketones (excluding diaryl/α,β-unsaturated/α-hetero) is 2. The minimum atomic E-state index is 0.0104. The molecular weight excluding hydrogens is 644 g/mol. The number of aliphatic hydroxyl groups excluding tert-OH is 1. The van der Waals surface area contributed by atoms with E-state index in [0.717, 1.165) is 35.6 Å². The number of carbonyl (C=O) groups excluding carboxylic acids is 2. The van der Waals surface area contributed by atoms with Gasteiger partial charge in [-0.05, 0) is 117 Å². The van der Waals surface area contributed by atoms with Crippen molar-refractivity contribution in [2.24, 2.45) is 11.8 Å². The molecule has 3 aromatic carbocycles. The van der Waals surface area contributed by atoms with Gasteiger partial charge in [0.2, 0.25) is 0 Å². The zero-order valence-corrected chi connectivity index (χ0v) is 33.3. The van der Waals surface area contributed by atoms with E-state index in [9.17, 15) is 9.59 Å². The Morgan fingerprint density at radius 2 is 1.04 bits per heavy atom. The Morgan fingerprint density at radius 3 is 1.45 bits per heavy atom. The van der Waals surface area contributed by atoms with Crippen molar-refractivity contribution in [1.82, 2.24) is 0 Å². The first-order valence-corrected chi connectivity index (χ1v) is 18.1. The number of halogens is 1. The fourth-order valence-corrected chi connectivity index (χ4v) is 7.84. The molecule has 47 heavy (non-hydrogen) atoms. The number of hydrogen-bond acceptors (Lipinski definition) is 3. The predicted octanol–water partition coefficient (Wildman–Crippen LogP) is 11.6. The Balaban J connectivity index is 0.000000270. The van der Waals surface area contributed by atoms with Crippen LogP contribution in [0.25, 0.3) is 11.1 Å². The van der Waals surface area contributed by atoms with Crippen molar-refractivity contribution < 1.29 is 14.7 Å². The lowest BCUT2D eigenvalue weighted by Gasteiger charge is -2.26. The first kappa shape index (κ1) is 38.9. The molecule has 3 nitrogen and oxygen atoms in total. The van der Waals surface area contributed by atoms with E-state index in [0.29, 0.717) is 23.4 Å². The van der Waals surface area contributed by atoms with E-state index in [4.69, 9.17) is 5.11 Å². The molecule has 0 radical (unpaired) electrons. The molecule has 0 spiro atoms. The maximum atomic E-state index is 12.9. The molecular formula is C43H59BrO3. The van der Waals surface area contributed by atoms with Gasteiger partial charge in [-0.1, -0.05) is 117 Å². The second-order valence-corrected chi connectivity index (χ2v) is 17.3. The van der Waals surface area contributed by atoms with Crippen LogP contribution in [0.1, 0.15) is 160 Å². The summed E-state index contributed by atoms with van der Waals surface area (Å²) in [5.41, 5.74) is 15.0. The summed E-state index contributed by atoms with van der Waals surface area (Å²) in [6, 6.07) is 11.4. The van der Waals surface area contributed by atoms with Crippen molar-refractivity contribution in [3.8, 4) is 11.1 Å². The van der Waals surface area contributed by atoms with E-state index in [2.05, 4.69) is 136 Å². The van der Waals surface area contributed by atoms with Crippen molar-refractivity contribution in [2.45, 2.75) is 132 Å². The zero-order chi connectivity index (χ0) is 35.9. The van der Waals surface area contributed by atoms with Gasteiger partial charge in [0.25, 0.3) is 0 Å². The molecule has 5 rings (SSSR count). The standard InChI is InChI=1S/C27H36O.C15H19BrO.CH4O/c1-15(2)19-11-20(16(3)4)13-21(12-19)25-18(6)24(27(7,8)9)14-23-22(25)10-17(5)26(23)28;1-8-6-10-11(14(8)17)7-12(15(3,4)5)9(2)13(10)16;1-2/h11-17H,10H2,1-9H3;7-8H,6H2,1-5H3;2H,1H3. The lowest BCUT2D eigenvalue weighted by molar-refractivity contribution is 0.0939. The van der Waals surface area contributed by atoms with Crippen molar-refractivity contribution in [3.05, 3.63) is 90.4 Å². The lowest BCUT2D eigenvalue weighted by Crippen LogP contribution is -2.15. The minimum Gasteiger partial charge on any atom is -0.400 e. The molecule has 0 heterocycles. The Kier molecular flexibility index (Phi) is 12.0. The molecule has 4 heteroatoms. The molecule has 0 aromatic heterocycles. The van der Waals surface area contributed by atoms with Gasteiger partial charge in [-0.15, -0.1) is 0 Å². The Bertz CT molecular complexity index is 1630. The lowest BCUT2D eigenvalue weighted by atomic mass is 9.78. The Morgan fingerprint density at radius 1 is 0.660 bits per heavy atom. The largest absolute Gasteiger partial charge is 0.400 e. The number of ketones is 2. The summed E-state index contributed by atoms with van der Waals surface area (Å²) in [5, 5.41) is 7.00. The van der Waals surface area contributed by atoms with Gasteiger partial charge in [-0.3, -0.25) is 9.59 Å². The van der Waals surface area contributed by atoms with E-state index in [1.807, 2.05) is 6.92 Å². The maximum Gasteiger partial charge on any atom is 0.166 e. The van der Waals surface area contributed by atoms with E-state index in [-0.39, 0.29) is 22.7 Å². The number of aliphatic hydroxyl groups is 1. The molecule has 0 saturated carbocycles. The van der Waals surface area contributed by atoms with Gasteiger partial charge in [-0.25, -0.2) is 0 Å². The van der Waals surface area contributed by atoms with Crippen molar-refractivity contribution in [3.63, 3.8) is 0 Å². The topological polar surface area (TPSA) is 54.4 Å². The van der Waals surface area contributed by atoms with E-state index in [1.54, 1.807) is 0 Å². The number of fused-ring (bicyclic) bond motifs is 2. The fraction of sp³-hybridized carbons (Fsp3) is 0.535. The molecule has 256 valence electrons. The quantitative estimate of drug-likeness (QED) is 0.295. The van der Waals surface area contributed by atoms with Gasteiger partial charge in [0, 0.05) is 34.5 Å². The summed E-state index contributed by atoms with van der Waals surface area (Å²) < 4.78 is 1.14. The van der Waals surface area contributed by atoms with Gasteiger partial charge >= 0.3 is 0 Å². The van der Waals surface area contributed by atoms with Crippen LogP contribution < -0.4 is 0 Å². The molecule has 0 saturated heterocycles. The summed E-state index contributed by atoms with van der Waals surface area (Å²) >= 11 is 3.68. The zero-order valence-electron chi connectivity index (χ0n) is 31.8. The molecule has 3 aromatic rings. The molecule has 0 aliphatic heterocycles. The summed E-state index contributed by atoms with van der Waals surface area (Å²) in [6.07, 6.45) is 1.73. The monoisotopic (exact) mass is 702 g/mol. The van der Waals surface area contributed by atoms with Crippen molar-refractivity contribution in [2.75, 3.05) is 7.11 Å². The molecule has 1 N–H and O–H groups in total. The highest BCUT2D eigenvalue weighted by atomic mass is 79.9. The second kappa shape index (κ2) is 14.5. The van der Waals surface area contributed by atoms with Crippen LogP contribution in [0, 0.1) is 25.7 Å². The van der Waals surface area contributed by atoms with Gasteiger partial charge in [0.05, 0.1) is 0 Å². The maximum absolute atomic E-state index is 12.9. The van der Waals surface area contributed by atoms with Crippen LogP contribution in [0.15, 0.2) is 34.8 Å². The number of benzene rings is 3. The third kappa shape index (κ3) is 7.86. The predicted molar refractivity (Wildman–Crippen MR) is 204 cm³/mol. The Hall–Kier alpha value is -2.56. The minimum absolute atomic E-state index is 0.0104. The average molecular weight is 704 g/mol. The van der Waals surface area contributed by atoms with Crippen LogP contribution in [-0.2, 0) is 23.7 Å². The number of rotatable bonds is 3. The van der Waals surface area contributed by atoms with E-state index in [1.165, 1.54) is 55.6 Å². The van der Waals surface area contributed by atoms with Gasteiger partial charge < -0.3 is 5.11 Å². The first-order valence-electron chi connectivity index (χ1n) is 17.3. The Labute approximate surface area is 294 Å². The highest BCUT2D eigenvalue weighted by molar-refractivity contribution is 9.10. The third-order valence-corrected chi connectivity index (χ3v) is 11.0. The average Bonchev–Trinajstić information content (AvgIpc) is 3.43. The summed E-state index contributed by atoms with van der Waals surface area (Å²) in [4.78, 5) is 25.0. The third-order valence-electron chi connectivity index (χ3n) is 9.97. The SMILES string of the molecule is CO.Cc1c(C(C)(C)C)cc2c(c1-c1cc(C(C)C)cc(C(C)C)c1)CC(C)C2=O.Cc1c(C(C)(C)C)cc2c(c1Br)CC(C)C2=O. The molecule has 0 fully saturated rings. The van der Waals surface area contributed by atoms with Crippen LogP contribution in [-0.4, -0.2) is 23.8 Å². The van der Waals surface area contributed by atoms with Gasteiger partial charge in [0.15, 0.2) is 11.6 Å². The van der Waals surface area contributed by atoms with Crippen molar-refractivity contribution >= 4 is 27.5 Å². The van der Waals surface area contributed by atoms with Crippen LogP contribution in [0.3, 0.4) is 0 Å². The summed E-state index contributed by atoms with van der Waals surface area (Å²) in [5.74, 6) is 1.79. The summed E-state index contributed by atoms with van der Waals surface area (Å²) in [7, 11) is 1.00. The number of hydrogen-bond donors (Lipinski definition) is 1. The number of carbonyl (C=O) groups is 2. The van der Waals surface area contributed by atoms with E-state index < -0.39 is 0 Å². The second-order valence-electron chi connectivity index (χ2n) is 16.5. The molecule has 2 aliphatic rings. The molecule has 2 unspecified atom stereocenters. The fourth-order valence-electron chi connectivity index (χ4n) is 7.25. The molecule has 0 amide bonds. The van der Waals surface area contributed by atoms with Crippen molar-refractivity contribution in [1.29, 1.82) is 0 Å². The van der Waals surface area contributed by atoms with Crippen LogP contribution in [0.2, 0.25) is 0 Å². The first-order chi connectivity index (χ1) is 21.6. The summed E-state index contributed by atoms with van der Waals surface area (Å²) in [6.45, 7) is 30.8. The molecule has 0 bridgehead atoms. The normalized spacial score (nSPS) is 17.3. The van der Waals surface area contributed by atoms with E-state index >= 15 is 0 Å². The van der Waals surface area contributed by atoms with Gasteiger partial charge in [-0.2, -0.15) is 0 Å². The smallest absolute Gasteiger partial charge is 0.166 e. The van der Waals surface area contributed by atoms with Crippen LogP contribution in [0.5, 0.6) is 0 Å². The van der Waals surface area contributed by atoms with Crippen LogP contribution >= 0.6 is 15.9 Å². The van der Waals surface area contributed by atoms with Crippen LogP contribution in [0.4, 0.5) is 0 Å².